The molecule has 0 bridgehead atoms. The Morgan fingerprint density at radius 2 is 1.85 bits per heavy atom. The monoisotopic (exact) mass is 386 g/mol. The van der Waals surface area contributed by atoms with Crippen molar-refractivity contribution in [3.63, 3.8) is 0 Å². The molecule has 0 saturated carbocycles. The molecule has 1 atom stereocenters. The first kappa shape index (κ1) is 22.7. The molecule has 148 valence electrons. The zero-order chi connectivity index (χ0) is 19.8. The number of ether oxygens (including phenoxy) is 2. The number of amides is 2. The zero-order valence-corrected chi connectivity index (χ0v) is 17.0. The molecule has 8 heteroatoms. The van der Waals surface area contributed by atoms with E-state index >= 15 is 0 Å². The third-order valence-corrected chi connectivity index (χ3v) is 4.59. The first-order chi connectivity index (χ1) is 12.1. The molecular formula is C18H30N2O5S. The van der Waals surface area contributed by atoms with Crippen molar-refractivity contribution in [1.29, 1.82) is 0 Å². The molecule has 0 radical (unpaired) electrons. The molecule has 26 heavy (non-hydrogen) atoms. The van der Waals surface area contributed by atoms with E-state index in [9.17, 15) is 14.4 Å². The van der Waals surface area contributed by atoms with E-state index in [0.29, 0.717) is 18.9 Å². The van der Waals surface area contributed by atoms with Crippen LogP contribution in [-0.2, 0) is 23.9 Å². The first-order valence-electron chi connectivity index (χ1n) is 8.73. The third kappa shape index (κ3) is 7.88. The van der Waals surface area contributed by atoms with E-state index in [0.717, 1.165) is 11.8 Å². The summed E-state index contributed by atoms with van der Waals surface area (Å²) in [5.41, 5.74) is -0.446. The molecule has 0 aromatic heterocycles. The summed E-state index contributed by atoms with van der Waals surface area (Å²) >= 11 is 1.15. The van der Waals surface area contributed by atoms with Crippen LogP contribution in [0.2, 0.25) is 0 Å². The van der Waals surface area contributed by atoms with Gasteiger partial charge in [-0.3, -0.25) is 14.4 Å². The summed E-state index contributed by atoms with van der Waals surface area (Å²) in [6, 6.07) is 0. The van der Waals surface area contributed by atoms with Crippen LogP contribution in [-0.4, -0.2) is 54.3 Å². The SMILES string of the molecule is C/C=C/C(=O)SCCNC(=O)CCNC(=O)[C@@H]1OC(C)(C)OCC1(C)C. The highest BCUT2D eigenvalue weighted by molar-refractivity contribution is 8.14. The van der Waals surface area contributed by atoms with E-state index in [-0.39, 0.29) is 29.9 Å². The molecule has 7 nitrogen and oxygen atoms in total. The van der Waals surface area contributed by atoms with Gasteiger partial charge in [0, 0.05) is 30.7 Å². The van der Waals surface area contributed by atoms with Gasteiger partial charge in [0.25, 0.3) is 0 Å². The Bertz CT molecular complexity index is 546. The molecule has 1 fully saturated rings. The van der Waals surface area contributed by atoms with Gasteiger partial charge in [0.05, 0.1) is 6.61 Å². The van der Waals surface area contributed by atoms with Crippen molar-refractivity contribution in [3.05, 3.63) is 12.2 Å². The summed E-state index contributed by atoms with van der Waals surface area (Å²) in [4.78, 5) is 35.5. The molecule has 0 unspecified atom stereocenters. The van der Waals surface area contributed by atoms with E-state index in [4.69, 9.17) is 9.47 Å². The highest BCUT2D eigenvalue weighted by Gasteiger charge is 2.45. The molecular weight excluding hydrogens is 356 g/mol. The van der Waals surface area contributed by atoms with Crippen LogP contribution in [0.25, 0.3) is 0 Å². The number of hydrogen-bond donors (Lipinski definition) is 2. The largest absolute Gasteiger partial charge is 0.355 e. The molecule has 1 rings (SSSR count). The zero-order valence-electron chi connectivity index (χ0n) is 16.2. The first-order valence-corrected chi connectivity index (χ1v) is 9.71. The highest BCUT2D eigenvalue weighted by Crippen LogP contribution is 2.34. The lowest BCUT2D eigenvalue weighted by atomic mass is 9.85. The molecule has 1 aliphatic heterocycles. The summed E-state index contributed by atoms with van der Waals surface area (Å²) in [7, 11) is 0. The molecule has 1 saturated heterocycles. The molecule has 2 N–H and O–H groups in total. The van der Waals surface area contributed by atoms with Crippen LogP contribution in [0.4, 0.5) is 0 Å². The van der Waals surface area contributed by atoms with Crippen LogP contribution >= 0.6 is 11.8 Å². The predicted molar refractivity (Wildman–Crippen MR) is 102 cm³/mol. The Hall–Kier alpha value is -1.38. The minimum Gasteiger partial charge on any atom is -0.355 e. The van der Waals surface area contributed by atoms with Gasteiger partial charge in [-0.25, -0.2) is 0 Å². The van der Waals surface area contributed by atoms with Crippen molar-refractivity contribution in [2.24, 2.45) is 5.41 Å². The summed E-state index contributed by atoms with van der Waals surface area (Å²) in [6.07, 6.45) is 2.71. The van der Waals surface area contributed by atoms with Gasteiger partial charge in [0.2, 0.25) is 16.9 Å². The van der Waals surface area contributed by atoms with E-state index in [1.165, 1.54) is 6.08 Å². The predicted octanol–water partition coefficient (Wildman–Crippen LogP) is 1.62. The standard InChI is InChI=1S/C18H30N2O5S/c1-6-7-14(22)26-11-10-19-13(21)8-9-20-16(23)15-17(2,3)12-24-18(4,5)25-15/h6-7,15H,8-12H2,1-5H3,(H,19,21)(H,20,23)/b7-6+/t15-/m0/s1. The summed E-state index contributed by atoms with van der Waals surface area (Å²) in [6.45, 7) is 10.2. The van der Waals surface area contributed by atoms with Crippen molar-refractivity contribution in [2.45, 2.75) is 52.9 Å². The highest BCUT2D eigenvalue weighted by atomic mass is 32.2. The number of thioether (sulfide) groups is 1. The van der Waals surface area contributed by atoms with Crippen molar-refractivity contribution < 1.29 is 23.9 Å². The number of carbonyl (C=O) groups excluding carboxylic acids is 3. The Kier molecular flexibility index (Phi) is 8.79. The fraction of sp³-hybridized carbons (Fsp3) is 0.722. The van der Waals surface area contributed by atoms with Gasteiger partial charge in [-0.2, -0.15) is 0 Å². The quantitative estimate of drug-likeness (QED) is 0.486. The van der Waals surface area contributed by atoms with Crippen LogP contribution in [0.1, 0.15) is 41.0 Å². The topological polar surface area (TPSA) is 93.7 Å². The van der Waals surface area contributed by atoms with E-state index in [1.54, 1.807) is 26.8 Å². The third-order valence-electron chi connectivity index (χ3n) is 3.76. The minimum absolute atomic E-state index is 0.0315. The fourth-order valence-corrected chi connectivity index (χ4v) is 2.97. The van der Waals surface area contributed by atoms with Gasteiger partial charge in [-0.15, -0.1) is 0 Å². The normalized spacial score (nSPS) is 21.3. The van der Waals surface area contributed by atoms with E-state index in [1.807, 2.05) is 13.8 Å². The lowest BCUT2D eigenvalue weighted by Crippen LogP contribution is -2.56. The number of nitrogens with one attached hydrogen (secondary N) is 2. The average Bonchev–Trinajstić information content (AvgIpc) is 2.54. The van der Waals surface area contributed by atoms with Gasteiger partial charge in [-0.05, 0) is 26.8 Å². The van der Waals surface area contributed by atoms with Gasteiger partial charge in [0.1, 0.15) is 6.10 Å². The Balaban J connectivity index is 2.28. The molecule has 1 heterocycles. The minimum atomic E-state index is -0.809. The van der Waals surface area contributed by atoms with Crippen LogP contribution < -0.4 is 10.6 Å². The second kappa shape index (κ2) is 10.1. The lowest BCUT2D eigenvalue weighted by molar-refractivity contribution is -0.304. The van der Waals surface area contributed by atoms with Gasteiger partial charge < -0.3 is 20.1 Å². The molecule has 0 aliphatic carbocycles. The molecule has 2 amide bonds. The van der Waals surface area contributed by atoms with Crippen LogP contribution in [0.15, 0.2) is 12.2 Å². The second-order valence-electron chi connectivity index (χ2n) is 7.23. The van der Waals surface area contributed by atoms with Crippen molar-refractivity contribution >= 4 is 28.7 Å². The van der Waals surface area contributed by atoms with Crippen LogP contribution in [0.3, 0.4) is 0 Å². The van der Waals surface area contributed by atoms with Gasteiger partial charge >= 0.3 is 0 Å². The average molecular weight is 387 g/mol. The Morgan fingerprint density at radius 1 is 1.15 bits per heavy atom. The van der Waals surface area contributed by atoms with Crippen LogP contribution in [0, 0.1) is 5.41 Å². The summed E-state index contributed by atoms with van der Waals surface area (Å²) < 4.78 is 11.3. The number of hydrogen-bond acceptors (Lipinski definition) is 6. The summed E-state index contributed by atoms with van der Waals surface area (Å²) in [5, 5.41) is 5.45. The summed E-state index contributed by atoms with van der Waals surface area (Å²) in [5.74, 6) is -0.708. The maximum Gasteiger partial charge on any atom is 0.249 e. The number of carbonyl (C=O) groups is 3. The molecule has 1 aliphatic rings. The fourth-order valence-electron chi connectivity index (χ4n) is 2.33. The number of allylic oxidation sites excluding steroid dienone is 1. The molecule has 0 aromatic rings. The molecule has 0 spiro atoms. The van der Waals surface area contributed by atoms with Crippen molar-refractivity contribution in [1.82, 2.24) is 10.6 Å². The lowest BCUT2D eigenvalue weighted by Gasteiger charge is -2.44. The maximum atomic E-state index is 12.4. The van der Waals surface area contributed by atoms with E-state index < -0.39 is 17.3 Å². The van der Waals surface area contributed by atoms with E-state index in [2.05, 4.69) is 10.6 Å². The Morgan fingerprint density at radius 3 is 2.50 bits per heavy atom. The van der Waals surface area contributed by atoms with Crippen molar-refractivity contribution in [2.75, 3.05) is 25.4 Å². The second-order valence-corrected chi connectivity index (χ2v) is 8.33. The van der Waals surface area contributed by atoms with Crippen LogP contribution in [0.5, 0.6) is 0 Å². The smallest absolute Gasteiger partial charge is 0.249 e. The van der Waals surface area contributed by atoms with Gasteiger partial charge in [-0.1, -0.05) is 31.7 Å². The van der Waals surface area contributed by atoms with Crippen molar-refractivity contribution in [3.8, 4) is 0 Å². The van der Waals surface area contributed by atoms with Gasteiger partial charge in [0.15, 0.2) is 5.79 Å². The Labute approximate surface area is 159 Å². The maximum absolute atomic E-state index is 12.4. The molecule has 0 aromatic carbocycles. The number of rotatable bonds is 8.